The molecule has 7 heteroatoms. The molecule has 2 aromatic carbocycles. The molecule has 0 aliphatic heterocycles. The second-order valence-corrected chi connectivity index (χ2v) is 6.84. The molecule has 1 unspecified atom stereocenters. The van der Waals surface area contributed by atoms with Gasteiger partial charge in [-0.2, -0.15) is 0 Å². The zero-order chi connectivity index (χ0) is 21.1. The molecule has 2 aromatic rings. The molecule has 1 atom stereocenters. The van der Waals surface area contributed by atoms with Crippen LogP contribution in [0.15, 0.2) is 54.6 Å². The fourth-order valence-corrected chi connectivity index (χ4v) is 2.82. The Morgan fingerprint density at radius 2 is 1.59 bits per heavy atom. The number of carbonyl (C=O) groups excluding carboxylic acids is 2. The standard InChI is InChI=1S/C22H27N3O4/c1-16-7-9-18(10-8-16)21(28)23-13-14-24-22(29)25-19(11-12-20(26)27)15-17-5-3-2-4-6-17/h2-10,19H,11-15H2,1H3,(H,23,28)(H,26,27)(H2,24,25,29). The van der Waals surface area contributed by atoms with Crippen LogP contribution in [0.25, 0.3) is 0 Å². The van der Waals surface area contributed by atoms with E-state index in [4.69, 9.17) is 5.11 Å². The van der Waals surface area contributed by atoms with E-state index in [2.05, 4.69) is 16.0 Å². The molecule has 0 bridgehead atoms. The summed E-state index contributed by atoms with van der Waals surface area (Å²) < 4.78 is 0. The number of amides is 3. The largest absolute Gasteiger partial charge is 0.481 e. The summed E-state index contributed by atoms with van der Waals surface area (Å²) in [6, 6.07) is 16.1. The van der Waals surface area contributed by atoms with Crippen molar-refractivity contribution in [3.8, 4) is 0 Å². The summed E-state index contributed by atoms with van der Waals surface area (Å²) in [6.07, 6.45) is 0.859. The number of aliphatic carboxylic acids is 1. The van der Waals surface area contributed by atoms with Crippen LogP contribution in [0.4, 0.5) is 4.79 Å². The molecule has 3 amide bonds. The molecule has 0 saturated carbocycles. The van der Waals surface area contributed by atoms with Crippen molar-refractivity contribution in [1.29, 1.82) is 0 Å². The van der Waals surface area contributed by atoms with E-state index >= 15 is 0 Å². The second-order valence-electron chi connectivity index (χ2n) is 6.84. The van der Waals surface area contributed by atoms with Crippen LogP contribution in [0.1, 0.15) is 34.3 Å². The van der Waals surface area contributed by atoms with E-state index in [1.807, 2.05) is 49.4 Å². The van der Waals surface area contributed by atoms with Crippen LogP contribution in [0.2, 0.25) is 0 Å². The van der Waals surface area contributed by atoms with Crippen LogP contribution in [0.3, 0.4) is 0 Å². The van der Waals surface area contributed by atoms with E-state index in [1.165, 1.54) is 0 Å². The first-order valence-corrected chi connectivity index (χ1v) is 9.59. The average molecular weight is 397 g/mol. The number of aryl methyl sites for hydroxylation is 1. The molecule has 0 aromatic heterocycles. The summed E-state index contributed by atoms with van der Waals surface area (Å²) in [4.78, 5) is 35.1. The molecule has 7 nitrogen and oxygen atoms in total. The zero-order valence-corrected chi connectivity index (χ0v) is 16.5. The first-order valence-electron chi connectivity index (χ1n) is 9.59. The number of nitrogens with one attached hydrogen (secondary N) is 3. The smallest absolute Gasteiger partial charge is 0.315 e. The number of hydrogen-bond donors (Lipinski definition) is 4. The minimum atomic E-state index is -0.899. The first-order chi connectivity index (χ1) is 13.9. The Morgan fingerprint density at radius 3 is 2.24 bits per heavy atom. The van der Waals surface area contributed by atoms with Crippen LogP contribution in [0.5, 0.6) is 0 Å². The van der Waals surface area contributed by atoms with Crippen LogP contribution >= 0.6 is 0 Å². The van der Waals surface area contributed by atoms with Gasteiger partial charge in [-0.1, -0.05) is 48.0 Å². The zero-order valence-electron chi connectivity index (χ0n) is 16.5. The van der Waals surface area contributed by atoms with Crippen molar-refractivity contribution in [2.45, 2.75) is 32.2 Å². The predicted molar refractivity (Wildman–Crippen MR) is 111 cm³/mol. The lowest BCUT2D eigenvalue weighted by Gasteiger charge is -2.19. The molecule has 0 saturated heterocycles. The molecule has 0 heterocycles. The van der Waals surface area contributed by atoms with Gasteiger partial charge in [0, 0.05) is 31.1 Å². The molecule has 154 valence electrons. The normalized spacial score (nSPS) is 11.3. The van der Waals surface area contributed by atoms with Gasteiger partial charge in [0.15, 0.2) is 0 Å². The monoisotopic (exact) mass is 397 g/mol. The third-order valence-electron chi connectivity index (χ3n) is 4.38. The Bertz CT molecular complexity index is 807. The van der Waals surface area contributed by atoms with Crippen molar-refractivity contribution in [3.05, 3.63) is 71.3 Å². The van der Waals surface area contributed by atoms with Crippen LogP contribution in [0, 0.1) is 6.92 Å². The molecular weight excluding hydrogens is 370 g/mol. The molecule has 2 rings (SSSR count). The van der Waals surface area contributed by atoms with Crippen molar-refractivity contribution in [3.63, 3.8) is 0 Å². The van der Waals surface area contributed by atoms with Crippen molar-refractivity contribution in [2.75, 3.05) is 13.1 Å². The lowest BCUT2D eigenvalue weighted by atomic mass is 10.0. The molecule has 0 aliphatic carbocycles. The van der Waals surface area contributed by atoms with Crippen molar-refractivity contribution in [1.82, 2.24) is 16.0 Å². The van der Waals surface area contributed by atoms with Gasteiger partial charge in [0.2, 0.25) is 0 Å². The minimum absolute atomic E-state index is 0.0234. The third-order valence-corrected chi connectivity index (χ3v) is 4.38. The summed E-state index contributed by atoms with van der Waals surface area (Å²) in [5, 5.41) is 17.2. The van der Waals surface area contributed by atoms with Crippen molar-refractivity contribution in [2.24, 2.45) is 0 Å². The summed E-state index contributed by atoms with van der Waals surface area (Å²) in [7, 11) is 0. The van der Waals surface area contributed by atoms with Gasteiger partial charge in [-0.15, -0.1) is 0 Å². The molecule has 29 heavy (non-hydrogen) atoms. The molecule has 0 fully saturated rings. The Balaban J connectivity index is 1.75. The first kappa shape index (κ1) is 21.9. The summed E-state index contributed by atoms with van der Waals surface area (Å²) in [6.45, 7) is 2.50. The molecule has 0 radical (unpaired) electrons. The fourth-order valence-electron chi connectivity index (χ4n) is 2.82. The van der Waals surface area contributed by atoms with Gasteiger partial charge in [-0.05, 0) is 37.5 Å². The van der Waals surface area contributed by atoms with Gasteiger partial charge < -0.3 is 21.1 Å². The highest BCUT2D eigenvalue weighted by molar-refractivity contribution is 5.94. The lowest BCUT2D eigenvalue weighted by Crippen LogP contribution is -2.45. The number of hydrogen-bond acceptors (Lipinski definition) is 3. The van der Waals surface area contributed by atoms with E-state index in [9.17, 15) is 14.4 Å². The lowest BCUT2D eigenvalue weighted by molar-refractivity contribution is -0.137. The maximum absolute atomic E-state index is 12.2. The van der Waals surface area contributed by atoms with E-state index in [1.54, 1.807) is 12.1 Å². The Labute approximate surface area is 170 Å². The highest BCUT2D eigenvalue weighted by atomic mass is 16.4. The Kier molecular flexibility index (Phi) is 8.69. The fraction of sp³-hybridized carbons (Fsp3) is 0.318. The van der Waals surface area contributed by atoms with Gasteiger partial charge in [-0.3, -0.25) is 9.59 Å². The summed E-state index contributed by atoms with van der Waals surface area (Å²) >= 11 is 0. The highest BCUT2D eigenvalue weighted by Crippen LogP contribution is 2.08. The number of carboxylic acids is 1. The maximum Gasteiger partial charge on any atom is 0.315 e. The van der Waals surface area contributed by atoms with Gasteiger partial charge >= 0.3 is 12.0 Å². The van der Waals surface area contributed by atoms with Crippen molar-refractivity contribution >= 4 is 17.9 Å². The minimum Gasteiger partial charge on any atom is -0.481 e. The number of carboxylic acid groups (broad SMARTS) is 1. The Morgan fingerprint density at radius 1 is 0.931 bits per heavy atom. The van der Waals surface area contributed by atoms with Gasteiger partial charge in [0.25, 0.3) is 5.91 Å². The van der Waals surface area contributed by atoms with Gasteiger partial charge in [0.1, 0.15) is 0 Å². The molecular formula is C22H27N3O4. The highest BCUT2D eigenvalue weighted by Gasteiger charge is 2.14. The average Bonchev–Trinajstić information content (AvgIpc) is 2.70. The van der Waals surface area contributed by atoms with E-state index < -0.39 is 5.97 Å². The molecule has 0 spiro atoms. The molecule has 4 N–H and O–H groups in total. The molecule has 0 aliphatic rings. The van der Waals surface area contributed by atoms with E-state index in [0.29, 0.717) is 24.9 Å². The van der Waals surface area contributed by atoms with E-state index in [-0.39, 0.29) is 30.9 Å². The Hall–Kier alpha value is -3.35. The van der Waals surface area contributed by atoms with Crippen molar-refractivity contribution < 1.29 is 19.5 Å². The third kappa shape index (κ3) is 8.47. The van der Waals surface area contributed by atoms with Crippen LogP contribution in [-0.2, 0) is 11.2 Å². The predicted octanol–water partition coefficient (Wildman–Crippen LogP) is 2.50. The number of rotatable bonds is 10. The summed E-state index contributed by atoms with van der Waals surface area (Å²) in [5.74, 6) is -1.10. The topological polar surface area (TPSA) is 108 Å². The SMILES string of the molecule is Cc1ccc(C(=O)NCCNC(=O)NC(CCC(=O)O)Cc2ccccc2)cc1. The number of urea groups is 1. The second kappa shape index (κ2) is 11.5. The van der Waals surface area contributed by atoms with Gasteiger partial charge in [-0.25, -0.2) is 4.79 Å². The number of benzene rings is 2. The summed E-state index contributed by atoms with van der Waals surface area (Å²) in [5.41, 5.74) is 2.66. The van der Waals surface area contributed by atoms with Crippen LogP contribution < -0.4 is 16.0 Å². The van der Waals surface area contributed by atoms with Gasteiger partial charge in [0.05, 0.1) is 0 Å². The maximum atomic E-state index is 12.2. The number of carbonyl (C=O) groups is 3. The van der Waals surface area contributed by atoms with Crippen LogP contribution in [-0.4, -0.2) is 42.1 Å². The van der Waals surface area contributed by atoms with E-state index in [0.717, 1.165) is 11.1 Å². The quantitative estimate of drug-likeness (QED) is 0.462.